The molecule has 1 aromatic carbocycles. The molecule has 0 aliphatic heterocycles. The first-order chi connectivity index (χ1) is 8.43. The average molecular weight is 270 g/mol. The SMILES string of the molecule is CCCS(=O)(=O)NCC(=O)Nc1ccc(C)cc1. The lowest BCUT2D eigenvalue weighted by atomic mass is 10.2. The van der Waals surface area contributed by atoms with E-state index in [0.717, 1.165) is 5.56 Å². The molecule has 0 bridgehead atoms. The van der Waals surface area contributed by atoms with Gasteiger partial charge in [0.15, 0.2) is 0 Å². The molecular formula is C12H18N2O3S. The third kappa shape index (κ3) is 5.29. The van der Waals surface area contributed by atoms with E-state index in [0.29, 0.717) is 12.1 Å². The first-order valence-corrected chi connectivity index (χ1v) is 7.42. The molecule has 0 fully saturated rings. The van der Waals surface area contributed by atoms with Crippen molar-refractivity contribution < 1.29 is 13.2 Å². The van der Waals surface area contributed by atoms with Crippen LogP contribution in [0.2, 0.25) is 0 Å². The van der Waals surface area contributed by atoms with Crippen LogP contribution in [0.1, 0.15) is 18.9 Å². The van der Waals surface area contributed by atoms with Crippen LogP contribution in [-0.4, -0.2) is 26.6 Å². The van der Waals surface area contributed by atoms with E-state index >= 15 is 0 Å². The Morgan fingerprint density at radius 1 is 1.22 bits per heavy atom. The Morgan fingerprint density at radius 3 is 2.39 bits per heavy atom. The minimum Gasteiger partial charge on any atom is -0.325 e. The Morgan fingerprint density at radius 2 is 1.83 bits per heavy atom. The lowest BCUT2D eigenvalue weighted by Crippen LogP contribution is -2.34. The van der Waals surface area contributed by atoms with Gasteiger partial charge in [-0.3, -0.25) is 4.79 Å². The van der Waals surface area contributed by atoms with Crippen LogP contribution in [0.15, 0.2) is 24.3 Å². The van der Waals surface area contributed by atoms with Gasteiger partial charge < -0.3 is 5.32 Å². The molecule has 0 aromatic heterocycles. The highest BCUT2D eigenvalue weighted by Crippen LogP contribution is 2.07. The first kappa shape index (κ1) is 14.7. The van der Waals surface area contributed by atoms with Crippen LogP contribution >= 0.6 is 0 Å². The Labute approximate surface area is 108 Å². The van der Waals surface area contributed by atoms with E-state index in [1.807, 2.05) is 19.1 Å². The van der Waals surface area contributed by atoms with Crippen molar-refractivity contribution in [3.8, 4) is 0 Å². The highest BCUT2D eigenvalue weighted by Gasteiger charge is 2.10. The minimum absolute atomic E-state index is 0.0326. The topological polar surface area (TPSA) is 75.3 Å². The second-order valence-corrected chi connectivity index (χ2v) is 5.98. The van der Waals surface area contributed by atoms with Crippen LogP contribution in [0.4, 0.5) is 5.69 Å². The average Bonchev–Trinajstić information content (AvgIpc) is 2.30. The quantitative estimate of drug-likeness (QED) is 0.817. The van der Waals surface area contributed by atoms with Crippen molar-refractivity contribution >= 4 is 21.6 Å². The number of carbonyl (C=O) groups is 1. The highest BCUT2D eigenvalue weighted by atomic mass is 32.2. The number of hydrogen-bond donors (Lipinski definition) is 2. The number of rotatable bonds is 6. The molecule has 0 radical (unpaired) electrons. The van der Waals surface area contributed by atoms with Crippen molar-refractivity contribution in [2.75, 3.05) is 17.6 Å². The first-order valence-electron chi connectivity index (χ1n) is 5.77. The fourth-order valence-corrected chi connectivity index (χ4v) is 2.39. The van der Waals surface area contributed by atoms with Crippen LogP contribution in [0.5, 0.6) is 0 Å². The van der Waals surface area contributed by atoms with Crippen LogP contribution in [0, 0.1) is 6.92 Å². The fourth-order valence-electron chi connectivity index (χ4n) is 1.36. The van der Waals surface area contributed by atoms with E-state index in [1.54, 1.807) is 19.1 Å². The number of amides is 1. The largest absolute Gasteiger partial charge is 0.325 e. The number of carbonyl (C=O) groups excluding carboxylic acids is 1. The normalized spacial score (nSPS) is 11.2. The standard InChI is InChI=1S/C12H18N2O3S/c1-3-8-18(16,17)13-9-12(15)14-11-6-4-10(2)5-7-11/h4-7,13H,3,8-9H2,1-2H3,(H,14,15). The summed E-state index contributed by atoms with van der Waals surface area (Å²) in [7, 11) is -3.34. The third-order valence-electron chi connectivity index (χ3n) is 2.26. The molecule has 0 atom stereocenters. The molecule has 0 spiro atoms. The highest BCUT2D eigenvalue weighted by molar-refractivity contribution is 7.89. The maximum absolute atomic E-state index is 11.5. The van der Waals surface area contributed by atoms with Crippen molar-refractivity contribution in [1.82, 2.24) is 4.72 Å². The molecule has 2 N–H and O–H groups in total. The smallest absolute Gasteiger partial charge is 0.239 e. The molecule has 0 saturated heterocycles. The Hall–Kier alpha value is -1.40. The molecule has 0 aliphatic rings. The van der Waals surface area contributed by atoms with Crippen molar-refractivity contribution in [3.05, 3.63) is 29.8 Å². The van der Waals surface area contributed by atoms with Gasteiger partial charge in [-0.25, -0.2) is 13.1 Å². The van der Waals surface area contributed by atoms with Gasteiger partial charge in [0, 0.05) is 5.69 Å². The molecule has 0 heterocycles. The van der Waals surface area contributed by atoms with Gasteiger partial charge in [-0.2, -0.15) is 0 Å². The number of sulfonamides is 1. The van der Waals surface area contributed by atoms with Crippen LogP contribution in [0.25, 0.3) is 0 Å². The molecule has 0 saturated carbocycles. The summed E-state index contributed by atoms with van der Waals surface area (Å²) in [5.41, 5.74) is 1.75. The van der Waals surface area contributed by atoms with E-state index in [1.165, 1.54) is 0 Å². The summed E-state index contributed by atoms with van der Waals surface area (Å²) in [6.07, 6.45) is 0.523. The van der Waals surface area contributed by atoms with Gasteiger partial charge in [-0.15, -0.1) is 0 Å². The third-order valence-corrected chi connectivity index (χ3v) is 3.79. The summed E-state index contributed by atoms with van der Waals surface area (Å²) in [5, 5.41) is 2.62. The lowest BCUT2D eigenvalue weighted by Gasteiger charge is -2.07. The number of aryl methyl sites for hydroxylation is 1. The zero-order chi connectivity index (χ0) is 13.6. The molecule has 1 aromatic rings. The van der Waals surface area contributed by atoms with Crippen LogP contribution < -0.4 is 10.0 Å². The van der Waals surface area contributed by atoms with Gasteiger partial charge in [-0.1, -0.05) is 24.6 Å². The second kappa shape index (κ2) is 6.51. The molecular weight excluding hydrogens is 252 g/mol. The van der Waals surface area contributed by atoms with Crippen LogP contribution in [0.3, 0.4) is 0 Å². The summed E-state index contributed by atoms with van der Waals surface area (Å²) < 4.78 is 24.9. The summed E-state index contributed by atoms with van der Waals surface area (Å²) in [6, 6.07) is 7.29. The molecule has 5 nitrogen and oxygen atoms in total. The minimum atomic E-state index is -3.34. The zero-order valence-corrected chi connectivity index (χ0v) is 11.4. The Balaban J connectivity index is 2.45. The van der Waals surface area contributed by atoms with Gasteiger partial charge in [-0.05, 0) is 25.5 Å². The van der Waals surface area contributed by atoms with E-state index in [-0.39, 0.29) is 18.2 Å². The predicted octanol–water partition coefficient (Wildman–Crippen LogP) is 1.26. The van der Waals surface area contributed by atoms with Crippen LogP contribution in [-0.2, 0) is 14.8 Å². The molecule has 100 valence electrons. The van der Waals surface area contributed by atoms with Crippen molar-refractivity contribution in [3.63, 3.8) is 0 Å². The molecule has 6 heteroatoms. The summed E-state index contributed by atoms with van der Waals surface area (Å²) in [6.45, 7) is 3.48. The summed E-state index contributed by atoms with van der Waals surface area (Å²) in [4.78, 5) is 11.5. The van der Waals surface area contributed by atoms with Gasteiger partial charge in [0.25, 0.3) is 0 Å². The van der Waals surface area contributed by atoms with E-state index in [4.69, 9.17) is 0 Å². The van der Waals surface area contributed by atoms with Crippen molar-refractivity contribution in [1.29, 1.82) is 0 Å². The zero-order valence-electron chi connectivity index (χ0n) is 10.6. The fraction of sp³-hybridized carbons (Fsp3) is 0.417. The monoisotopic (exact) mass is 270 g/mol. The molecule has 18 heavy (non-hydrogen) atoms. The van der Waals surface area contributed by atoms with E-state index in [2.05, 4.69) is 10.0 Å². The van der Waals surface area contributed by atoms with Crippen molar-refractivity contribution in [2.24, 2.45) is 0 Å². The van der Waals surface area contributed by atoms with Gasteiger partial charge in [0.2, 0.25) is 15.9 Å². The molecule has 1 rings (SSSR count). The maximum atomic E-state index is 11.5. The second-order valence-electron chi connectivity index (χ2n) is 4.05. The predicted molar refractivity (Wildman–Crippen MR) is 71.9 cm³/mol. The number of nitrogens with one attached hydrogen (secondary N) is 2. The summed E-state index contributed by atoms with van der Waals surface area (Å²) >= 11 is 0. The van der Waals surface area contributed by atoms with Gasteiger partial charge in [0.05, 0.1) is 12.3 Å². The lowest BCUT2D eigenvalue weighted by molar-refractivity contribution is -0.115. The van der Waals surface area contributed by atoms with E-state index in [9.17, 15) is 13.2 Å². The van der Waals surface area contributed by atoms with E-state index < -0.39 is 10.0 Å². The molecule has 1 amide bonds. The summed E-state index contributed by atoms with van der Waals surface area (Å²) in [5.74, 6) is -0.344. The Bertz CT molecular complexity index is 495. The van der Waals surface area contributed by atoms with Crippen molar-refractivity contribution in [2.45, 2.75) is 20.3 Å². The number of benzene rings is 1. The Kier molecular flexibility index (Phi) is 5.30. The number of hydrogen-bond acceptors (Lipinski definition) is 3. The van der Waals surface area contributed by atoms with Gasteiger partial charge in [0.1, 0.15) is 0 Å². The number of anilines is 1. The molecule has 0 unspecified atom stereocenters. The van der Waals surface area contributed by atoms with Gasteiger partial charge >= 0.3 is 0 Å². The maximum Gasteiger partial charge on any atom is 0.239 e. The molecule has 0 aliphatic carbocycles.